The molecule has 0 aliphatic heterocycles. The molecule has 0 saturated carbocycles. The fraction of sp³-hybridized carbons (Fsp3) is 0.750. The molecule has 0 heterocycles. The zero-order valence-electron chi connectivity index (χ0n) is 10.4. The van der Waals surface area contributed by atoms with E-state index in [1.54, 1.807) is 6.08 Å². The second kappa shape index (κ2) is 12.0. The maximum absolute atomic E-state index is 10.2. The normalized spacial score (nSPS) is 12.3. The van der Waals surface area contributed by atoms with Gasteiger partial charge in [0.05, 0.1) is 25.1 Å². The van der Waals surface area contributed by atoms with Crippen LogP contribution in [-0.4, -0.2) is 48.5 Å². The van der Waals surface area contributed by atoms with Crippen LogP contribution >= 0.6 is 11.8 Å². The van der Waals surface area contributed by atoms with Gasteiger partial charge in [0.1, 0.15) is 0 Å². The van der Waals surface area contributed by atoms with E-state index in [2.05, 4.69) is 13.5 Å². The second-order valence-corrected chi connectivity index (χ2v) is 4.63. The Balaban J connectivity index is 3.30. The van der Waals surface area contributed by atoms with Crippen molar-refractivity contribution in [2.75, 3.05) is 31.3 Å². The monoisotopic (exact) mass is 262 g/mol. The number of carbonyl (C=O) groups is 1. The van der Waals surface area contributed by atoms with Crippen molar-refractivity contribution >= 4 is 17.7 Å². The smallest absolute Gasteiger partial charge is 0.313 e. The summed E-state index contributed by atoms with van der Waals surface area (Å²) in [4.78, 5) is 10.2. The highest BCUT2D eigenvalue weighted by molar-refractivity contribution is 7.99. The number of hydrogen-bond acceptors (Lipinski definition) is 4. The van der Waals surface area contributed by atoms with Crippen LogP contribution in [0.15, 0.2) is 12.7 Å². The first-order valence-corrected chi connectivity index (χ1v) is 6.96. The minimum Gasteiger partial charge on any atom is -0.481 e. The number of rotatable bonds is 12. The van der Waals surface area contributed by atoms with E-state index in [1.165, 1.54) is 11.8 Å². The van der Waals surface area contributed by atoms with Gasteiger partial charge in [0.25, 0.3) is 0 Å². The first-order chi connectivity index (χ1) is 8.20. The summed E-state index contributed by atoms with van der Waals surface area (Å²) in [6.07, 6.45) is 3.64. The number of thioether (sulfide) groups is 1. The van der Waals surface area contributed by atoms with Crippen molar-refractivity contribution in [3.8, 4) is 0 Å². The van der Waals surface area contributed by atoms with Crippen LogP contribution in [0.4, 0.5) is 0 Å². The van der Waals surface area contributed by atoms with Gasteiger partial charge in [-0.15, -0.1) is 6.58 Å². The molecule has 0 fully saturated rings. The summed E-state index contributed by atoms with van der Waals surface area (Å²) < 4.78 is 10.9. The molecule has 1 unspecified atom stereocenters. The van der Waals surface area contributed by atoms with Crippen molar-refractivity contribution in [3.63, 3.8) is 0 Å². The molecule has 4 nitrogen and oxygen atoms in total. The third-order valence-electron chi connectivity index (χ3n) is 2.01. The molecule has 0 aliphatic carbocycles. The number of carboxylic acid groups (broad SMARTS) is 1. The van der Waals surface area contributed by atoms with Gasteiger partial charge in [0, 0.05) is 6.61 Å². The lowest BCUT2D eigenvalue weighted by Crippen LogP contribution is -2.19. The lowest BCUT2D eigenvalue weighted by atomic mass is 10.3. The van der Waals surface area contributed by atoms with Gasteiger partial charge in [-0.1, -0.05) is 13.0 Å². The Hall–Kier alpha value is -0.520. The molecule has 0 spiro atoms. The average Bonchev–Trinajstić information content (AvgIpc) is 2.31. The van der Waals surface area contributed by atoms with E-state index in [1.807, 2.05) is 0 Å². The highest BCUT2D eigenvalue weighted by Crippen LogP contribution is 2.03. The summed E-state index contributed by atoms with van der Waals surface area (Å²) in [5.41, 5.74) is 0. The van der Waals surface area contributed by atoms with Crippen LogP contribution in [-0.2, 0) is 14.3 Å². The second-order valence-electron chi connectivity index (χ2n) is 3.53. The molecule has 5 heteroatoms. The summed E-state index contributed by atoms with van der Waals surface area (Å²) in [5.74, 6) is 0.219. The Kier molecular flexibility index (Phi) is 11.6. The third-order valence-corrected chi connectivity index (χ3v) is 3.04. The maximum Gasteiger partial charge on any atom is 0.313 e. The van der Waals surface area contributed by atoms with Crippen molar-refractivity contribution in [3.05, 3.63) is 12.7 Å². The molecule has 100 valence electrons. The molecule has 0 amide bonds. The van der Waals surface area contributed by atoms with Crippen molar-refractivity contribution < 1.29 is 19.4 Å². The Morgan fingerprint density at radius 1 is 1.59 bits per heavy atom. The maximum atomic E-state index is 10.2. The van der Waals surface area contributed by atoms with E-state index >= 15 is 0 Å². The SMILES string of the molecule is C=CCOC(CC)COCCCSCC(=O)O. The number of hydrogen-bond donors (Lipinski definition) is 1. The van der Waals surface area contributed by atoms with E-state index in [4.69, 9.17) is 14.6 Å². The van der Waals surface area contributed by atoms with Crippen LogP contribution in [0.3, 0.4) is 0 Å². The summed E-state index contributed by atoms with van der Waals surface area (Å²) >= 11 is 1.42. The fourth-order valence-electron chi connectivity index (χ4n) is 1.13. The van der Waals surface area contributed by atoms with Crippen LogP contribution in [0.1, 0.15) is 19.8 Å². The molecule has 0 aliphatic rings. The highest BCUT2D eigenvalue weighted by Gasteiger charge is 2.05. The van der Waals surface area contributed by atoms with Gasteiger partial charge in [0.15, 0.2) is 0 Å². The average molecular weight is 262 g/mol. The van der Waals surface area contributed by atoms with Crippen LogP contribution in [0.5, 0.6) is 0 Å². The van der Waals surface area contributed by atoms with Gasteiger partial charge in [-0.05, 0) is 18.6 Å². The summed E-state index contributed by atoms with van der Waals surface area (Å²) in [6.45, 7) is 7.45. The quantitative estimate of drug-likeness (QED) is 0.431. The van der Waals surface area contributed by atoms with Crippen LogP contribution in [0.25, 0.3) is 0 Å². The molecular weight excluding hydrogens is 240 g/mol. The molecule has 17 heavy (non-hydrogen) atoms. The van der Waals surface area contributed by atoms with Crippen molar-refractivity contribution in [1.82, 2.24) is 0 Å². The molecule has 0 bridgehead atoms. The lowest BCUT2D eigenvalue weighted by Gasteiger charge is -2.15. The first-order valence-electron chi connectivity index (χ1n) is 5.80. The van der Waals surface area contributed by atoms with Gasteiger partial charge in [0.2, 0.25) is 0 Å². The molecule has 0 aromatic rings. The number of carboxylic acids is 1. The zero-order chi connectivity index (χ0) is 12.9. The van der Waals surface area contributed by atoms with E-state index in [9.17, 15) is 4.79 Å². The van der Waals surface area contributed by atoms with Gasteiger partial charge >= 0.3 is 5.97 Å². The summed E-state index contributed by atoms with van der Waals surface area (Å²) in [6, 6.07) is 0. The van der Waals surface area contributed by atoms with Gasteiger partial charge in [-0.25, -0.2) is 0 Å². The lowest BCUT2D eigenvalue weighted by molar-refractivity contribution is -0.133. The topological polar surface area (TPSA) is 55.8 Å². The van der Waals surface area contributed by atoms with Gasteiger partial charge < -0.3 is 14.6 Å². The van der Waals surface area contributed by atoms with Crippen molar-refractivity contribution in [2.24, 2.45) is 0 Å². The standard InChI is InChI=1S/C12H22O4S/c1-3-6-16-11(4-2)9-15-7-5-8-17-10-12(13)14/h3,11H,1,4-10H2,2H3,(H,13,14). The van der Waals surface area contributed by atoms with Crippen LogP contribution in [0.2, 0.25) is 0 Å². The predicted octanol–water partition coefficient (Wildman–Crippen LogP) is 2.19. The Morgan fingerprint density at radius 2 is 2.35 bits per heavy atom. The van der Waals surface area contributed by atoms with E-state index < -0.39 is 5.97 Å². The highest BCUT2D eigenvalue weighted by atomic mass is 32.2. The molecule has 0 saturated heterocycles. The zero-order valence-corrected chi connectivity index (χ0v) is 11.2. The van der Waals surface area contributed by atoms with Gasteiger partial charge in [-0.2, -0.15) is 11.8 Å². The summed E-state index contributed by atoms with van der Waals surface area (Å²) in [7, 11) is 0. The van der Waals surface area contributed by atoms with E-state index in [-0.39, 0.29) is 11.9 Å². The molecule has 0 radical (unpaired) electrons. The van der Waals surface area contributed by atoms with Crippen LogP contribution < -0.4 is 0 Å². The van der Waals surface area contributed by atoms with Crippen LogP contribution in [0, 0.1) is 0 Å². The number of aliphatic carboxylic acids is 1. The molecule has 0 aromatic carbocycles. The third kappa shape index (κ3) is 11.7. The summed E-state index contributed by atoms with van der Waals surface area (Å²) in [5, 5.41) is 8.43. The van der Waals surface area contributed by atoms with Gasteiger partial charge in [-0.3, -0.25) is 4.79 Å². The predicted molar refractivity (Wildman–Crippen MR) is 70.6 cm³/mol. The minimum atomic E-state index is -0.764. The molecule has 1 atom stereocenters. The first kappa shape index (κ1) is 16.5. The Morgan fingerprint density at radius 3 is 2.94 bits per heavy atom. The Labute approximate surface area is 107 Å². The van der Waals surface area contributed by atoms with E-state index in [0.29, 0.717) is 19.8 Å². The number of ether oxygens (including phenoxy) is 2. The van der Waals surface area contributed by atoms with Crippen molar-refractivity contribution in [1.29, 1.82) is 0 Å². The fourth-order valence-corrected chi connectivity index (χ4v) is 1.77. The molecular formula is C12H22O4S. The Bertz CT molecular complexity index is 209. The molecule has 1 N–H and O–H groups in total. The molecule has 0 aromatic heterocycles. The largest absolute Gasteiger partial charge is 0.481 e. The van der Waals surface area contributed by atoms with E-state index in [0.717, 1.165) is 18.6 Å². The van der Waals surface area contributed by atoms with Crippen molar-refractivity contribution in [2.45, 2.75) is 25.9 Å². The minimum absolute atomic E-state index is 0.125. The molecule has 0 rings (SSSR count).